The zero-order chi connectivity index (χ0) is 14.2. The smallest absolute Gasteiger partial charge is 0.309 e. The van der Waals surface area contributed by atoms with Gasteiger partial charge in [0.2, 0.25) is 5.91 Å². The molecule has 1 aromatic rings. The van der Waals surface area contributed by atoms with Gasteiger partial charge in [-0.3, -0.25) is 9.59 Å². The summed E-state index contributed by atoms with van der Waals surface area (Å²) in [6, 6.07) is 5.63. The van der Waals surface area contributed by atoms with Crippen LogP contribution in [0.5, 0.6) is 0 Å². The maximum Gasteiger partial charge on any atom is 0.309 e. The highest BCUT2D eigenvalue weighted by molar-refractivity contribution is 6.01. The number of nitrogens with zero attached hydrogens (tertiary/aromatic N) is 1. The molecule has 0 spiro atoms. The lowest BCUT2D eigenvalue weighted by Gasteiger charge is -2.27. The van der Waals surface area contributed by atoms with Crippen LogP contribution in [0.25, 0.3) is 0 Å². The van der Waals surface area contributed by atoms with E-state index in [1.807, 2.05) is 39.0 Å². The lowest BCUT2D eigenvalue weighted by Crippen LogP contribution is -2.36. The van der Waals surface area contributed by atoms with Crippen molar-refractivity contribution in [1.29, 1.82) is 0 Å². The quantitative estimate of drug-likeness (QED) is 0.908. The Morgan fingerprint density at radius 3 is 2.68 bits per heavy atom. The van der Waals surface area contributed by atoms with Crippen LogP contribution in [0.4, 0.5) is 5.69 Å². The van der Waals surface area contributed by atoms with E-state index >= 15 is 0 Å². The molecule has 19 heavy (non-hydrogen) atoms. The van der Waals surface area contributed by atoms with Crippen molar-refractivity contribution in [3.63, 3.8) is 0 Å². The Labute approximate surface area is 113 Å². The zero-order valence-electron chi connectivity index (χ0n) is 11.5. The van der Waals surface area contributed by atoms with E-state index in [2.05, 4.69) is 0 Å². The first kappa shape index (κ1) is 13.6. The molecule has 2 atom stereocenters. The number of carbonyl (C=O) groups is 2. The van der Waals surface area contributed by atoms with Crippen LogP contribution in [0.15, 0.2) is 18.2 Å². The van der Waals surface area contributed by atoms with Crippen molar-refractivity contribution in [2.75, 3.05) is 4.90 Å². The molecule has 102 valence electrons. The number of carbonyl (C=O) groups excluding carboxylic acids is 1. The minimum absolute atomic E-state index is 0.0913. The summed E-state index contributed by atoms with van der Waals surface area (Å²) >= 11 is 0. The topological polar surface area (TPSA) is 57.6 Å². The van der Waals surface area contributed by atoms with Crippen molar-refractivity contribution in [3.8, 4) is 0 Å². The van der Waals surface area contributed by atoms with Gasteiger partial charge in [-0.05, 0) is 31.4 Å². The molecule has 0 bridgehead atoms. The molecule has 1 N–H and O–H groups in total. The molecule has 1 aromatic carbocycles. The van der Waals surface area contributed by atoms with Gasteiger partial charge in [-0.2, -0.15) is 0 Å². The molecule has 1 aliphatic heterocycles. The largest absolute Gasteiger partial charge is 0.481 e. The first-order valence-electron chi connectivity index (χ1n) is 6.60. The van der Waals surface area contributed by atoms with Crippen LogP contribution in [0, 0.1) is 12.8 Å². The fraction of sp³-hybridized carbons (Fsp3) is 0.467. The lowest BCUT2D eigenvalue weighted by molar-refractivity contribution is -0.142. The van der Waals surface area contributed by atoms with E-state index < -0.39 is 11.9 Å². The Morgan fingerprint density at radius 1 is 1.47 bits per heavy atom. The maximum absolute atomic E-state index is 12.2. The molecule has 1 amide bonds. The van der Waals surface area contributed by atoms with Crippen LogP contribution in [0.3, 0.4) is 0 Å². The summed E-state index contributed by atoms with van der Waals surface area (Å²) in [5.41, 5.74) is 3.00. The number of aryl methyl sites for hydroxylation is 2. The molecule has 0 saturated carbocycles. The maximum atomic E-state index is 12.2. The predicted octanol–water partition coefficient (Wildman–Crippen LogP) is 2.38. The second kappa shape index (κ2) is 5.03. The van der Waals surface area contributed by atoms with Crippen LogP contribution in [0.2, 0.25) is 0 Å². The third-order valence-electron chi connectivity index (χ3n) is 3.91. The number of carboxylic acids is 1. The third-order valence-corrected chi connectivity index (χ3v) is 3.91. The average Bonchev–Trinajstić information content (AvgIpc) is 2.65. The molecule has 0 aliphatic carbocycles. The first-order chi connectivity index (χ1) is 8.97. The molecule has 4 heteroatoms. The van der Waals surface area contributed by atoms with E-state index in [0.717, 1.165) is 23.2 Å². The van der Waals surface area contributed by atoms with Gasteiger partial charge >= 0.3 is 5.97 Å². The number of rotatable bonds is 3. The van der Waals surface area contributed by atoms with Crippen LogP contribution in [-0.2, 0) is 16.0 Å². The van der Waals surface area contributed by atoms with Crippen molar-refractivity contribution >= 4 is 17.6 Å². The van der Waals surface area contributed by atoms with E-state index in [1.165, 1.54) is 0 Å². The number of anilines is 1. The number of benzene rings is 1. The van der Waals surface area contributed by atoms with Gasteiger partial charge in [-0.15, -0.1) is 0 Å². The monoisotopic (exact) mass is 261 g/mol. The molecule has 1 saturated heterocycles. The van der Waals surface area contributed by atoms with Crippen molar-refractivity contribution in [3.05, 3.63) is 29.3 Å². The number of para-hydroxylation sites is 1. The second-order valence-electron chi connectivity index (χ2n) is 5.09. The van der Waals surface area contributed by atoms with Crippen LogP contribution in [-0.4, -0.2) is 23.0 Å². The Kier molecular flexibility index (Phi) is 3.60. The highest BCUT2D eigenvalue weighted by Gasteiger charge is 2.42. The third kappa shape index (κ3) is 2.23. The first-order valence-corrected chi connectivity index (χ1v) is 6.60. The normalized spacial score (nSPS) is 22.9. The van der Waals surface area contributed by atoms with Gasteiger partial charge in [-0.1, -0.05) is 25.1 Å². The van der Waals surface area contributed by atoms with Crippen molar-refractivity contribution < 1.29 is 14.7 Å². The number of amides is 1. The molecule has 2 rings (SSSR count). The SMILES string of the molecule is CCc1cccc(C)c1N1C(=O)CC(C(=O)O)C1C. The standard InChI is InChI=1S/C15H19NO3/c1-4-11-7-5-6-9(2)14(11)16-10(3)12(15(18)19)8-13(16)17/h5-7,10,12H,4,8H2,1-3H3,(H,18,19). The highest BCUT2D eigenvalue weighted by Crippen LogP contribution is 2.35. The number of hydrogen-bond acceptors (Lipinski definition) is 2. The van der Waals surface area contributed by atoms with E-state index in [-0.39, 0.29) is 18.4 Å². The molecule has 0 aromatic heterocycles. The summed E-state index contributed by atoms with van der Waals surface area (Å²) in [5, 5.41) is 9.18. The Bertz CT molecular complexity index is 524. The average molecular weight is 261 g/mol. The second-order valence-corrected chi connectivity index (χ2v) is 5.09. The van der Waals surface area contributed by atoms with E-state index in [1.54, 1.807) is 4.90 Å². The fourth-order valence-electron chi connectivity index (χ4n) is 2.84. The summed E-state index contributed by atoms with van der Waals surface area (Å²) in [6.45, 7) is 5.82. The fourth-order valence-corrected chi connectivity index (χ4v) is 2.84. The molecular weight excluding hydrogens is 242 g/mol. The van der Waals surface area contributed by atoms with Crippen LogP contribution < -0.4 is 4.90 Å². The molecule has 1 aliphatic rings. The summed E-state index contributed by atoms with van der Waals surface area (Å²) < 4.78 is 0. The Hall–Kier alpha value is -1.84. The summed E-state index contributed by atoms with van der Waals surface area (Å²) in [7, 11) is 0. The van der Waals surface area contributed by atoms with Gasteiger partial charge in [0, 0.05) is 12.5 Å². The van der Waals surface area contributed by atoms with Gasteiger partial charge in [0.1, 0.15) is 0 Å². The van der Waals surface area contributed by atoms with Crippen molar-refractivity contribution in [2.24, 2.45) is 5.92 Å². The minimum atomic E-state index is -0.894. The van der Waals surface area contributed by atoms with E-state index in [4.69, 9.17) is 0 Å². The van der Waals surface area contributed by atoms with Crippen LogP contribution in [0.1, 0.15) is 31.4 Å². The van der Waals surface area contributed by atoms with Crippen molar-refractivity contribution in [1.82, 2.24) is 0 Å². The van der Waals surface area contributed by atoms with Crippen LogP contribution >= 0.6 is 0 Å². The van der Waals surface area contributed by atoms with Gasteiger partial charge in [0.25, 0.3) is 0 Å². The van der Waals surface area contributed by atoms with E-state index in [0.29, 0.717) is 0 Å². The van der Waals surface area contributed by atoms with Gasteiger partial charge in [0.05, 0.1) is 11.6 Å². The zero-order valence-corrected chi connectivity index (χ0v) is 11.5. The predicted molar refractivity (Wildman–Crippen MR) is 73.2 cm³/mol. The number of carboxylic acid groups (broad SMARTS) is 1. The number of aliphatic carboxylic acids is 1. The molecule has 0 radical (unpaired) electrons. The lowest BCUT2D eigenvalue weighted by atomic mass is 10.0. The van der Waals surface area contributed by atoms with Gasteiger partial charge in [0.15, 0.2) is 0 Å². The van der Waals surface area contributed by atoms with Gasteiger partial charge < -0.3 is 10.0 Å². The highest BCUT2D eigenvalue weighted by atomic mass is 16.4. The Morgan fingerprint density at radius 2 is 2.16 bits per heavy atom. The summed E-state index contributed by atoms with van der Waals surface area (Å²) in [6.07, 6.45) is 0.916. The Balaban J connectivity index is 2.47. The molecule has 4 nitrogen and oxygen atoms in total. The molecular formula is C15H19NO3. The van der Waals surface area contributed by atoms with Gasteiger partial charge in [-0.25, -0.2) is 0 Å². The minimum Gasteiger partial charge on any atom is -0.481 e. The molecule has 1 fully saturated rings. The summed E-state index contributed by atoms with van der Waals surface area (Å²) in [5.74, 6) is -1.60. The van der Waals surface area contributed by atoms with Crippen molar-refractivity contribution in [2.45, 2.75) is 39.7 Å². The molecule has 1 heterocycles. The summed E-state index contributed by atoms with van der Waals surface area (Å²) in [4.78, 5) is 25.1. The molecule has 2 unspecified atom stereocenters. The van der Waals surface area contributed by atoms with E-state index in [9.17, 15) is 14.7 Å². The number of hydrogen-bond donors (Lipinski definition) is 1.